The minimum absolute atomic E-state index is 0.00758. The van der Waals surface area contributed by atoms with Gasteiger partial charge in [-0.15, -0.1) is 0 Å². The second-order valence-corrected chi connectivity index (χ2v) is 3.65. The molecule has 0 saturated carbocycles. The third-order valence-corrected chi connectivity index (χ3v) is 2.40. The molecule has 0 saturated heterocycles. The molecule has 3 heteroatoms. The second-order valence-electron chi connectivity index (χ2n) is 3.65. The molecular weight excluding hydrogens is 212 g/mol. The van der Waals surface area contributed by atoms with E-state index in [0.717, 1.165) is 5.56 Å². The van der Waals surface area contributed by atoms with E-state index in [1.807, 2.05) is 6.07 Å². The number of hydrogen-bond donors (Lipinski definition) is 0. The molecule has 0 amide bonds. The molecule has 0 fully saturated rings. The van der Waals surface area contributed by atoms with Gasteiger partial charge in [0.2, 0.25) is 0 Å². The number of hydrogen-bond acceptors (Lipinski definition) is 3. The van der Waals surface area contributed by atoms with Crippen molar-refractivity contribution in [2.24, 2.45) is 0 Å². The molecule has 0 unspecified atom stereocenters. The summed E-state index contributed by atoms with van der Waals surface area (Å²) >= 11 is 0. The van der Waals surface area contributed by atoms with Crippen LogP contribution in [0.25, 0.3) is 0 Å². The molecular formula is C14H10N2O. The summed E-state index contributed by atoms with van der Waals surface area (Å²) in [6, 6.07) is 12.6. The van der Waals surface area contributed by atoms with E-state index in [2.05, 4.69) is 11.1 Å². The molecule has 0 atom stereocenters. The molecule has 0 aliphatic rings. The molecule has 0 N–H and O–H groups in total. The highest BCUT2D eigenvalue weighted by molar-refractivity contribution is 5.97. The van der Waals surface area contributed by atoms with Crippen LogP contribution in [0.2, 0.25) is 0 Å². The first-order chi connectivity index (χ1) is 8.29. The van der Waals surface area contributed by atoms with E-state index in [9.17, 15) is 4.79 Å². The van der Waals surface area contributed by atoms with Crippen molar-refractivity contribution in [2.45, 2.75) is 6.42 Å². The monoisotopic (exact) mass is 222 g/mol. The lowest BCUT2D eigenvalue weighted by molar-refractivity contribution is 0.0992. The summed E-state index contributed by atoms with van der Waals surface area (Å²) in [7, 11) is 0. The van der Waals surface area contributed by atoms with Gasteiger partial charge in [-0.05, 0) is 29.8 Å². The lowest BCUT2D eigenvalue weighted by Gasteiger charge is -2.01. The fourth-order valence-corrected chi connectivity index (χ4v) is 1.57. The molecule has 0 aliphatic carbocycles. The van der Waals surface area contributed by atoms with Crippen LogP contribution in [0.3, 0.4) is 0 Å². The Morgan fingerprint density at radius 3 is 2.88 bits per heavy atom. The molecule has 1 aromatic carbocycles. The number of nitrogens with zero attached hydrogens (tertiary/aromatic N) is 2. The van der Waals surface area contributed by atoms with Gasteiger partial charge in [-0.25, -0.2) is 0 Å². The molecule has 0 radical (unpaired) electrons. The van der Waals surface area contributed by atoms with Crippen molar-refractivity contribution in [1.82, 2.24) is 4.98 Å². The van der Waals surface area contributed by atoms with Gasteiger partial charge in [0.1, 0.15) is 0 Å². The summed E-state index contributed by atoms with van der Waals surface area (Å²) in [5.74, 6) is 0.00758. The number of carbonyl (C=O) groups excluding carboxylic acids is 1. The van der Waals surface area contributed by atoms with Gasteiger partial charge >= 0.3 is 0 Å². The highest BCUT2D eigenvalue weighted by Crippen LogP contribution is 2.08. The van der Waals surface area contributed by atoms with Crippen molar-refractivity contribution >= 4 is 5.78 Å². The number of Topliss-reactive ketones (excluding diaryl/α,β-unsaturated/α-hetero) is 1. The standard InChI is InChI=1S/C14H10N2O/c15-9-12-4-1-3-11(7-12)8-14(17)13-5-2-6-16-10-13/h1-7,10H,8H2. The summed E-state index contributed by atoms with van der Waals surface area (Å²) in [5, 5.41) is 8.77. The summed E-state index contributed by atoms with van der Waals surface area (Å²) in [6.45, 7) is 0. The number of carbonyl (C=O) groups is 1. The van der Waals surface area contributed by atoms with E-state index in [1.165, 1.54) is 0 Å². The van der Waals surface area contributed by atoms with Crippen LogP contribution in [-0.2, 0) is 6.42 Å². The lowest BCUT2D eigenvalue weighted by atomic mass is 10.0. The first-order valence-electron chi connectivity index (χ1n) is 5.22. The van der Waals surface area contributed by atoms with Crippen LogP contribution in [-0.4, -0.2) is 10.8 Å². The molecule has 2 rings (SSSR count). The number of ketones is 1. The van der Waals surface area contributed by atoms with Crippen LogP contribution in [0.4, 0.5) is 0 Å². The molecule has 1 heterocycles. The summed E-state index contributed by atoms with van der Waals surface area (Å²) in [5.41, 5.74) is 2.01. The minimum atomic E-state index is 0.00758. The van der Waals surface area contributed by atoms with Gasteiger partial charge in [-0.1, -0.05) is 12.1 Å². The van der Waals surface area contributed by atoms with E-state index >= 15 is 0 Å². The van der Waals surface area contributed by atoms with Gasteiger partial charge in [0, 0.05) is 24.4 Å². The maximum absolute atomic E-state index is 11.9. The molecule has 0 spiro atoms. The largest absolute Gasteiger partial charge is 0.294 e. The summed E-state index contributed by atoms with van der Waals surface area (Å²) in [6.07, 6.45) is 3.48. The zero-order chi connectivity index (χ0) is 12.1. The van der Waals surface area contributed by atoms with Crippen LogP contribution in [0.5, 0.6) is 0 Å². The van der Waals surface area contributed by atoms with E-state index in [1.54, 1.807) is 42.7 Å². The molecule has 82 valence electrons. The number of nitriles is 1. The predicted octanol–water partition coefficient (Wildman–Crippen LogP) is 2.38. The fourth-order valence-electron chi connectivity index (χ4n) is 1.57. The summed E-state index contributed by atoms with van der Waals surface area (Å²) < 4.78 is 0. The van der Waals surface area contributed by atoms with Crippen LogP contribution in [0.15, 0.2) is 48.8 Å². The second kappa shape index (κ2) is 5.04. The van der Waals surface area contributed by atoms with Crippen LogP contribution < -0.4 is 0 Å². The Balaban J connectivity index is 2.17. The zero-order valence-corrected chi connectivity index (χ0v) is 9.13. The number of rotatable bonds is 3. The lowest BCUT2D eigenvalue weighted by Crippen LogP contribution is -2.03. The smallest absolute Gasteiger partial charge is 0.168 e. The Hall–Kier alpha value is -2.47. The maximum atomic E-state index is 11.9. The molecule has 2 aromatic rings. The third-order valence-electron chi connectivity index (χ3n) is 2.40. The zero-order valence-electron chi connectivity index (χ0n) is 9.13. The number of aromatic nitrogens is 1. The number of pyridine rings is 1. The maximum Gasteiger partial charge on any atom is 0.168 e. The Kier molecular flexibility index (Phi) is 3.27. The van der Waals surface area contributed by atoms with Crippen LogP contribution in [0, 0.1) is 11.3 Å². The van der Waals surface area contributed by atoms with E-state index < -0.39 is 0 Å². The van der Waals surface area contributed by atoms with Gasteiger partial charge in [-0.3, -0.25) is 9.78 Å². The van der Waals surface area contributed by atoms with Crippen molar-refractivity contribution < 1.29 is 4.79 Å². The van der Waals surface area contributed by atoms with Gasteiger partial charge in [0.25, 0.3) is 0 Å². The highest BCUT2D eigenvalue weighted by Gasteiger charge is 2.07. The van der Waals surface area contributed by atoms with Crippen LogP contribution >= 0.6 is 0 Å². The topological polar surface area (TPSA) is 53.8 Å². The van der Waals surface area contributed by atoms with Gasteiger partial charge in [-0.2, -0.15) is 5.26 Å². The molecule has 17 heavy (non-hydrogen) atoms. The summed E-state index contributed by atoms with van der Waals surface area (Å²) in [4.78, 5) is 15.8. The van der Waals surface area contributed by atoms with Crippen LogP contribution in [0.1, 0.15) is 21.5 Å². The van der Waals surface area contributed by atoms with Gasteiger partial charge in [0.05, 0.1) is 11.6 Å². The SMILES string of the molecule is N#Cc1cccc(CC(=O)c2cccnc2)c1. The normalized spacial score (nSPS) is 9.59. The van der Waals surface area contributed by atoms with Gasteiger partial charge < -0.3 is 0 Å². The minimum Gasteiger partial charge on any atom is -0.294 e. The average molecular weight is 222 g/mol. The van der Waals surface area contributed by atoms with E-state index in [-0.39, 0.29) is 5.78 Å². The van der Waals surface area contributed by atoms with E-state index in [4.69, 9.17) is 5.26 Å². The van der Waals surface area contributed by atoms with Crippen molar-refractivity contribution in [1.29, 1.82) is 5.26 Å². The fraction of sp³-hybridized carbons (Fsp3) is 0.0714. The molecule has 1 aromatic heterocycles. The van der Waals surface area contributed by atoms with Gasteiger partial charge in [0.15, 0.2) is 5.78 Å². The molecule has 0 aliphatic heterocycles. The van der Waals surface area contributed by atoms with Crippen molar-refractivity contribution in [3.63, 3.8) is 0 Å². The third kappa shape index (κ3) is 2.76. The Morgan fingerprint density at radius 1 is 1.29 bits per heavy atom. The number of benzene rings is 1. The Morgan fingerprint density at radius 2 is 2.18 bits per heavy atom. The predicted molar refractivity (Wildman–Crippen MR) is 63.4 cm³/mol. The quantitative estimate of drug-likeness (QED) is 0.749. The van der Waals surface area contributed by atoms with Crippen molar-refractivity contribution in [3.05, 3.63) is 65.5 Å². The van der Waals surface area contributed by atoms with Crippen molar-refractivity contribution in [2.75, 3.05) is 0 Å². The van der Waals surface area contributed by atoms with E-state index in [0.29, 0.717) is 17.5 Å². The Bertz CT molecular complexity index is 570. The first-order valence-corrected chi connectivity index (χ1v) is 5.22. The average Bonchev–Trinajstić information content (AvgIpc) is 2.40. The molecule has 3 nitrogen and oxygen atoms in total. The van der Waals surface area contributed by atoms with Crippen molar-refractivity contribution in [3.8, 4) is 6.07 Å². The first kappa shape index (κ1) is 11.0. The Labute approximate surface area is 99.4 Å². The highest BCUT2D eigenvalue weighted by atomic mass is 16.1. The molecule has 0 bridgehead atoms.